The zero-order valence-corrected chi connectivity index (χ0v) is 21.8. The first-order valence-corrected chi connectivity index (χ1v) is 12.5. The van der Waals surface area contributed by atoms with Gasteiger partial charge < -0.3 is 24.4 Å². The molecule has 1 saturated heterocycles. The minimum atomic E-state index is -0.102. The minimum absolute atomic E-state index is 0.102. The smallest absolute Gasteiger partial charge is 0.251 e. The number of nitrogens with zero attached hydrogens (tertiary/aromatic N) is 1. The second-order valence-electron chi connectivity index (χ2n) is 9.06. The van der Waals surface area contributed by atoms with Crippen molar-refractivity contribution in [3.8, 4) is 17.2 Å². The Hall–Kier alpha value is -3.22. The number of amides is 1. The summed E-state index contributed by atoms with van der Waals surface area (Å²) in [6.07, 6.45) is 0.900. The van der Waals surface area contributed by atoms with E-state index in [1.165, 1.54) is 11.1 Å². The molecule has 4 rings (SSSR count). The van der Waals surface area contributed by atoms with Gasteiger partial charge >= 0.3 is 0 Å². The number of hydrogen-bond acceptors (Lipinski definition) is 5. The topological polar surface area (TPSA) is 60.0 Å². The van der Waals surface area contributed by atoms with Crippen LogP contribution >= 0.6 is 11.6 Å². The summed E-state index contributed by atoms with van der Waals surface area (Å²) in [6, 6.07) is 21.4. The summed E-state index contributed by atoms with van der Waals surface area (Å²) in [6.45, 7) is 3.34. The van der Waals surface area contributed by atoms with Gasteiger partial charge in [0, 0.05) is 42.7 Å². The third kappa shape index (κ3) is 6.31. The predicted molar refractivity (Wildman–Crippen MR) is 143 cm³/mol. The van der Waals surface area contributed by atoms with Crippen molar-refractivity contribution in [2.45, 2.75) is 12.3 Å². The first kappa shape index (κ1) is 25.9. The molecule has 0 radical (unpaired) electrons. The lowest BCUT2D eigenvalue weighted by Crippen LogP contribution is -2.32. The van der Waals surface area contributed by atoms with Crippen molar-refractivity contribution in [1.82, 2.24) is 10.2 Å². The van der Waals surface area contributed by atoms with Crippen LogP contribution in [0, 0.1) is 5.92 Å². The summed E-state index contributed by atoms with van der Waals surface area (Å²) in [7, 11) is 4.98. The van der Waals surface area contributed by atoms with Gasteiger partial charge in [-0.25, -0.2) is 0 Å². The summed E-state index contributed by atoms with van der Waals surface area (Å²) in [5.74, 6) is 2.81. The standard InChI is InChI=1S/C29H33ClN2O4/c1-34-25-10-8-21(9-11-25)26-19-32(14-13-20-7-12-27(35-2)28(15-20)36-3)18-23(26)17-31-29(33)22-5-4-6-24(30)16-22/h4-12,15-16,23,26H,13-14,17-19H2,1-3H3,(H,31,33)/t23-,26+/m0/s1. The molecule has 1 aliphatic heterocycles. The van der Waals surface area contributed by atoms with Crippen LogP contribution < -0.4 is 19.5 Å². The van der Waals surface area contributed by atoms with Crippen LogP contribution in [-0.2, 0) is 6.42 Å². The molecule has 1 aliphatic rings. The van der Waals surface area contributed by atoms with Crippen LogP contribution in [-0.4, -0.2) is 58.3 Å². The van der Waals surface area contributed by atoms with E-state index in [9.17, 15) is 4.79 Å². The molecule has 1 heterocycles. The van der Waals surface area contributed by atoms with Crippen molar-refractivity contribution in [1.29, 1.82) is 0 Å². The van der Waals surface area contributed by atoms with Crippen molar-refractivity contribution in [3.05, 3.63) is 88.4 Å². The van der Waals surface area contributed by atoms with Gasteiger partial charge in [0.05, 0.1) is 21.3 Å². The van der Waals surface area contributed by atoms with E-state index < -0.39 is 0 Å². The molecule has 0 aliphatic carbocycles. The molecule has 1 amide bonds. The van der Waals surface area contributed by atoms with E-state index in [-0.39, 0.29) is 11.8 Å². The van der Waals surface area contributed by atoms with Gasteiger partial charge in [0.25, 0.3) is 5.91 Å². The lowest BCUT2D eigenvalue weighted by atomic mass is 9.89. The Kier molecular flexibility index (Phi) is 8.73. The summed E-state index contributed by atoms with van der Waals surface area (Å²) < 4.78 is 16.2. The zero-order valence-electron chi connectivity index (χ0n) is 21.0. The number of rotatable bonds is 10. The molecule has 36 heavy (non-hydrogen) atoms. The molecule has 0 aromatic heterocycles. The third-order valence-electron chi connectivity index (χ3n) is 6.84. The first-order chi connectivity index (χ1) is 17.5. The van der Waals surface area contributed by atoms with Crippen LogP contribution in [0.1, 0.15) is 27.4 Å². The largest absolute Gasteiger partial charge is 0.497 e. The fraction of sp³-hybridized carbons (Fsp3) is 0.345. The average molecular weight is 509 g/mol. The molecule has 1 N–H and O–H groups in total. The highest BCUT2D eigenvalue weighted by molar-refractivity contribution is 6.30. The fourth-order valence-electron chi connectivity index (χ4n) is 4.86. The molecule has 6 nitrogen and oxygen atoms in total. The molecular formula is C29H33ClN2O4. The molecule has 3 aromatic carbocycles. The normalized spacial score (nSPS) is 17.6. The number of carbonyl (C=O) groups excluding carboxylic acids is 1. The highest BCUT2D eigenvalue weighted by Gasteiger charge is 2.34. The Morgan fingerprint density at radius 2 is 1.72 bits per heavy atom. The maximum Gasteiger partial charge on any atom is 0.251 e. The van der Waals surface area contributed by atoms with Crippen LogP contribution in [0.3, 0.4) is 0 Å². The summed E-state index contributed by atoms with van der Waals surface area (Å²) in [4.78, 5) is 15.2. The van der Waals surface area contributed by atoms with Crippen molar-refractivity contribution >= 4 is 17.5 Å². The van der Waals surface area contributed by atoms with Crippen molar-refractivity contribution in [3.63, 3.8) is 0 Å². The van der Waals surface area contributed by atoms with Crippen molar-refractivity contribution < 1.29 is 19.0 Å². The van der Waals surface area contributed by atoms with E-state index in [0.29, 0.717) is 23.0 Å². The summed E-state index contributed by atoms with van der Waals surface area (Å²) >= 11 is 6.07. The lowest BCUT2D eigenvalue weighted by molar-refractivity contribution is 0.0946. The fourth-order valence-corrected chi connectivity index (χ4v) is 5.05. The number of carbonyl (C=O) groups is 1. The second-order valence-corrected chi connectivity index (χ2v) is 9.50. The number of ether oxygens (including phenoxy) is 3. The molecule has 0 spiro atoms. The number of hydrogen-bond donors (Lipinski definition) is 1. The van der Waals surface area contributed by atoms with Gasteiger partial charge in [-0.15, -0.1) is 0 Å². The van der Waals surface area contributed by atoms with Gasteiger partial charge in [-0.2, -0.15) is 0 Å². The Balaban J connectivity index is 1.44. The Bertz CT molecular complexity index is 1170. The van der Waals surface area contributed by atoms with E-state index in [0.717, 1.165) is 43.3 Å². The second kappa shape index (κ2) is 12.2. The molecule has 0 unspecified atom stereocenters. The number of halogens is 1. The van der Waals surface area contributed by atoms with Gasteiger partial charge in [0.15, 0.2) is 11.5 Å². The maximum atomic E-state index is 12.8. The van der Waals surface area contributed by atoms with E-state index in [1.54, 1.807) is 45.6 Å². The van der Waals surface area contributed by atoms with E-state index in [2.05, 4.69) is 28.4 Å². The Morgan fingerprint density at radius 1 is 0.944 bits per heavy atom. The molecule has 7 heteroatoms. The quantitative estimate of drug-likeness (QED) is 0.415. The van der Waals surface area contributed by atoms with Crippen molar-refractivity contribution in [2.24, 2.45) is 5.92 Å². The van der Waals surface area contributed by atoms with Gasteiger partial charge in [-0.1, -0.05) is 35.9 Å². The zero-order chi connectivity index (χ0) is 25.5. The van der Waals surface area contributed by atoms with Crippen LogP contribution in [0.5, 0.6) is 17.2 Å². The molecule has 190 valence electrons. The minimum Gasteiger partial charge on any atom is -0.497 e. The Morgan fingerprint density at radius 3 is 2.42 bits per heavy atom. The number of methoxy groups -OCH3 is 3. The summed E-state index contributed by atoms with van der Waals surface area (Å²) in [5.41, 5.74) is 3.03. The van der Waals surface area contributed by atoms with Crippen LogP contribution in [0.2, 0.25) is 5.02 Å². The molecule has 0 saturated carbocycles. The molecule has 0 bridgehead atoms. The highest BCUT2D eigenvalue weighted by Crippen LogP contribution is 2.34. The SMILES string of the molecule is COc1ccc([C@H]2CN(CCc3ccc(OC)c(OC)c3)C[C@@H]2CNC(=O)c2cccc(Cl)c2)cc1. The van der Waals surface area contributed by atoms with E-state index >= 15 is 0 Å². The highest BCUT2D eigenvalue weighted by atomic mass is 35.5. The molecular weight excluding hydrogens is 476 g/mol. The Labute approximate surface area is 218 Å². The number of benzene rings is 3. The maximum absolute atomic E-state index is 12.8. The monoisotopic (exact) mass is 508 g/mol. The van der Waals surface area contributed by atoms with E-state index in [1.807, 2.05) is 24.3 Å². The number of nitrogens with one attached hydrogen (secondary N) is 1. The van der Waals surface area contributed by atoms with Crippen LogP contribution in [0.4, 0.5) is 0 Å². The van der Waals surface area contributed by atoms with Crippen LogP contribution in [0.15, 0.2) is 66.7 Å². The molecule has 3 aromatic rings. The van der Waals surface area contributed by atoms with Crippen LogP contribution in [0.25, 0.3) is 0 Å². The third-order valence-corrected chi connectivity index (χ3v) is 7.07. The molecule has 1 fully saturated rings. The molecule has 2 atom stereocenters. The lowest BCUT2D eigenvalue weighted by Gasteiger charge is -2.19. The van der Waals surface area contributed by atoms with Gasteiger partial charge in [-0.3, -0.25) is 4.79 Å². The van der Waals surface area contributed by atoms with E-state index in [4.69, 9.17) is 25.8 Å². The first-order valence-electron chi connectivity index (χ1n) is 12.1. The predicted octanol–water partition coefficient (Wildman–Crippen LogP) is 5.05. The van der Waals surface area contributed by atoms with Gasteiger partial charge in [-0.05, 0) is 65.9 Å². The number of likely N-dealkylation sites (tertiary alicyclic amines) is 1. The average Bonchev–Trinajstić information content (AvgIpc) is 3.33. The van der Waals surface area contributed by atoms with Gasteiger partial charge in [0.1, 0.15) is 5.75 Å². The van der Waals surface area contributed by atoms with Crippen molar-refractivity contribution in [2.75, 3.05) is 47.5 Å². The van der Waals surface area contributed by atoms with Gasteiger partial charge in [0.2, 0.25) is 0 Å². The summed E-state index contributed by atoms with van der Waals surface area (Å²) in [5, 5.41) is 3.69.